The summed E-state index contributed by atoms with van der Waals surface area (Å²) in [5.41, 5.74) is 8.14. The summed E-state index contributed by atoms with van der Waals surface area (Å²) in [6, 6.07) is 7.60. The summed E-state index contributed by atoms with van der Waals surface area (Å²) in [4.78, 5) is 30.5. The maximum atomic E-state index is 12.7. The van der Waals surface area contributed by atoms with Crippen molar-refractivity contribution in [2.45, 2.75) is 31.8 Å². The maximum Gasteiger partial charge on any atom is 0.328 e. The zero-order valence-corrected chi connectivity index (χ0v) is 18.2. The van der Waals surface area contributed by atoms with Crippen LogP contribution in [0.3, 0.4) is 0 Å². The topological polar surface area (TPSA) is 153 Å². The molecule has 1 aliphatic carbocycles. The molecule has 12 nitrogen and oxygen atoms in total. The van der Waals surface area contributed by atoms with Crippen LogP contribution in [0.2, 0.25) is 0 Å². The van der Waals surface area contributed by atoms with E-state index in [0.717, 1.165) is 30.5 Å². The number of rotatable bonds is 7. The number of benzene rings is 1. The first-order valence-electron chi connectivity index (χ1n) is 10.9. The van der Waals surface area contributed by atoms with Crippen LogP contribution in [0.25, 0.3) is 22.6 Å². The van der Waals surface area contributed by atoms with E-state index in [1.165, 1.54) is 10.9 Å². The summed E-state index contributed by atoms with van der Waals surface area (Å²) in [6.07, 6.45) is 6.27. The number of carbonyl (C=O) groups is 1. The molecule has 12 heteroatoms. The molecule has 170 valence electrons. The largest absolute Gasteiger partial charge is 0.371 e. The highest BCUT2D eigenvalue weighted by Gasteiger charge is 2.22. The van der Waals surface area contributed by atoms with Gasteiger partial charge in [-0.1, -0.05) is 12.1 Å². The molecule has 0 radical (unpaired) electrons. The predicted molar refractivity (Wildman–Crippen MR) is 124 cm³/mol. The van der Waals surface area contributed by atoms with Gasteiger partial charge >= 0.3 is 6.03 Å². The van der Waals surface area contributed by atoms with Crippen LogP contribution >= 0.6 is 0 Å². The molecule has 3 heterocycles. The first-order chi connectivity index (χ1) is 16.1. The molecule has 33 heavy (non-hydrogen) atoms. The zero-order chi connectivity index (χ0) is 22.8. The minimum Gasteiger partial charge on any atom is -0.371 e. The highest BCUT2D eigenvalue weighted by Crippen LogP contribution is 2.25. The van der Waals surface area contributed by atoms with Gasteiger partial charge in [-0.2, -0.15) is 15.1 Å². The Morgan fingerprint density at radius 2 is 2.09 bits per heavy atom. The Labute approximate surface area is 189 Å². The summed E-state index contributed by atoms with van der Waals surface area (Å²) < 4.78 is 3.13. The molecule has 5 N–H and O–H groups in total. The third kappa shape index (κ3) is 4.20. The molecule has 5 rings (SSSR count). The van der Waals surface area contributed by atoms with Crippen LogP contribution in [0.15, 0.2) is 36.9 Å². The van der Waals surface area contributed by atoms with E-state index in [4.69, 9.17) is 5.73 Å². The van der Waals surface area contributed by atoms with Gasteiger partial charge in [-0.15, -0.1) is 0 Å². The number of carbonyl (C=O) groups excluding carboxylic acids is 1. The normalized spacial score (nSPS) is 13.6. The second-order valence-corrected chi connectivity index (χ2v) is 7.84. The van der Waals surface area contributed by atoms with Gasteiger partial charge in [0.05, 0.1) is 6.54 Å². The standard InChI is InChI=1S/C21H25N11O/c1-23-18-16-19(32(12-24-16)21(33)27-14-5-3-6-14)29-20(28-18)26-15-7-2-4-13(10-15)17-25-11-31(30-17)9-8-22/h2,4,7,10-12,14H,3,5-6,8-9,22H2,1H3,(H,27,33)(H2,23,26,28,29). The molecule has 0 unspecified atom stereocenters. The molecule has 1 aromatic carbocycles. The van der Waals surface area contributed by atoms with Gasteiger partial charge in [-0.3, -0.25) is 4.68 Å². The molecule has 0 saturated heterocycles. The number of imidazole rings is 1. The number of nitrogens with one attached hydrogen (secondary N) is 3. The van der Waals surface area contributed by atoms with E-state index < -0.39 is 0 Å². The molecule has 4 aromatic rings. The van der Waals surface area contributed by atoms with Gasteiger partial charge in [0.25, 0.3) is 0 Å². The van der Waals surface area contributed by atoms with Gasteiger partial charge in [-0.25, -0.2) is 19.3 Å². The quantitative estimate of drug-likeness (QED) is 0.333. The predicted octanol–water partition coefficient (Wildman–Crippen LogP) is 1.94. The molecule has 1 saturated carbocycles. The van der Waals surface area contributed by atoms with Crippen molar-refractivity contribution >= 4 is 34.6 Å². The fourth-order valence-corrected chi connectivity index (χ4v) is 3.61. The van der Waals surface area contributed by atoms with Crippen molar-refractivity contribution in [1.82, 2.24) is 39.6 Å². The fraction of sp³-hybridized carbons (Fsp3) is 0.333. The average molecular weight is 448 g/mol. The van der Waals surface area contributed by atoms with Gasteiger partial charge in [0, 0.05) is 30.9 Å². The van der Waals surface area contributed by atoms with E-state index in [9.17, 15) is 4.79 Å². The van der Waals surface area contributed by atoms with Crippen molar-refractivity contribution < 1.29 is 4.79 Å². The van der Waals surface area contributed by atoms with Gasteiger partial charge in [0.2, 0.25) is 5.95 Å². The lowest BCUT2D eigenvalue weighted by atomic mass is 9.93. The third-order valence-corrected chi connectivity index (χ3v) is 5.56. The van der Waals surface area contributed by atoms with Crippen molar-refractivity contribution in [3.05, 3.63) is 36.9 Å². The van der Waals surface area contributed by atoms with Crippen LogP contribution in [0.5, 0.6) is 0 Å². The molecule has 1 fully saturated rings. The number of nitrogens with zero attached hydrogens (tertiary/aromatic N) is 7. The van der Waals surface area contributed by atoms with E-state index in [0.29, 0.717) is 41.8 Å². The van der Waals surface area contributed by atoms with Gasteiger partial charge < -0.3 is 21.7 Å². The monoisotopic (exact) mass is 447 g/mol. The Balaban J connectivity index is 1.43. The summed E-state index contributed by atoms with van der Waals surface area (Å²) in [5.74, 6) is 1.46. The summed E-state index contributed by atoms with van der Waals surface area (Å²) in [6.45, 7) is 1.10. The molecule has 0 spiro atoms. The fourth-order valence-electron chi connectivity index (χ4n) is 3.61. The number of amides is 1. The first-order valence-corrected chi connectivity index (χ1v) is 10.9. The number of fused-ring (bicyclic) bond motifs is 1. The van der Waals surface area contributed by atoms with E-state index >= 15 is 0 Å². The number of hydrogen-bond donors (Lipinski definition) is 4. The summed E-state index contributed by atoms with van der Waals surface area (Å²) in [5, 5.41) is 13.7. The number of aromatic nitrogens is 7. The Morgan fingerprint density at radius 1 is 1.21 bits per heavy atom. The van der Waals surface area contributed by atoms with Crippen LogP contribution in [-0.4, -0.2) is 59.9 Å². The number of anilines is 3. The Bertz CT molecular complexity index is 1290. The van der Waals surface area contributed by atoms with Crippen LogP contribution in [0.4, 0.5) is 22.2 Å². The summed E-state index contributed by atoms with van der Waals surface area (Å²) in [7, 11) is 1.75. The van der Waals surface area contributed by atoms with Crippen molar-refractivity contribution in [3.63, 3.8) is 0 Å². The highest BCUT2D eigenvalue weighted by atomic mass is 16.2. The third-order valence-electron chi connectivity index (χ3n) is 5.56. The first kappa shape index (κ1) is 20.8. The van der Waals surface area contributed by atoms with Crippen molar-refractivity contribution in [2.75, 3.05) is 24.2 Å². The molecule has 0 aliphatic heterocycles. The Kier molecular flexibility index (Phi) is 5.57. The molecule has 3 aromatic heterocycles. The lowest BCUT2D eigenvalue weighted by molar-refractivity contribution is 0.230. The van der Waals surface area contributed by atoms with Crippen molar-refractivity contribution in [3.8, 4) is 11.4 Å². The van der Waals surface area contributed by atoms with Gasteiger partial charge in [0.15, 0.2) is 22.8 Å². The van der Waals surface area contributed by atoms with Crippen molar-refractivity contribution in [1.29, 1.82) is 0 Å². The highest BCUT2D eigenvalue weighted by molar-refractivity contribution is 5.92. The Morgan fingerprint density at radius 3 is 2.85 bits per heavy atom. The number of hydrogen-bond acceptors (Lipinski definition) is 9. The van der Waals surface area contributed by atoms with E-state index in [1.807, 2.05) is 24.3 Å². The van der Waals surface area contributed by atoms with E-state index in [1.54, 1.807) is 18.1 Å². The maximum absolute atomic E-state index is 12.7. The second-order valence-electron chi connectivity index (χ2n) is 7.84. The minimum atomic E-state index is -0.241. The number of nitrogens with two attached hydrogens (primary N) is 1. The second kappa shape index (κ2) is 8.82. The average Bonchev–Trinajstić information content (AvgIpc) is 3.43. The SMILES string of the molecule is CNc1nc(Nc2cccc(-c3ncn(CCN)n3)c2)nc2c1ncn2C(=O)NC1CCC1. The molecule has 0 bridgehead atoms. The smallest absolute Gasteiger partial charge is 0.328 e. The molecular formula is C21H25N11O. The van der Waals surface area contributed by atoms with Crippen LogP contribution in [-0.2, 0) is 6.54 Å². The van der Waals surface area contributed by atoms with Gasteiger partial charge in [-0.05, 0) is 31.4 Å². The molecular weight excluding hydrogens is 422 g/mol. The van der Waals surface area contributed by atoms with Crippen molar-refractivity contribution in [2.24, 2.45) is 5.73 Å². The molecule has 1 amide bonds. The van der Waals surface area contributed by atoms with Crippen LogP contribution in [0.1, 0.15) is 19.3 Å². The minimum absolute atomic E-state index is 0.211. The molecule has 0 atom stereocenters. The Hall–Kier alpha value is -4.06. The lowest BCUT2D eigenvalue weighted by Gasteiger charge is -2.26. The van der Waals surface area contributed by atoms with E-state index in [2.05, 4.69) is 41.0 Å². The summed E-state index contributed by atoms with van der Waals surface area (Å²) >= 11 is 0. The van der Waals surface area contributed by atoms with Gasteiger partial charge in [0.1, 0.15) is 12.7 Å². The van der Waals surface area contributed by atoms with Crippen LogP contribution in [0, 0.1) is 0 Å². The molecule has 1 aliphatic rings. The zero-order valence-electron chi connectivity index (χ0n) is 18.2. The van der Waals surface area contributed by atoms with Crippen LogP contribution < -0.4 is 21.7 Å². The van der Waals surface area contributed by atoms with E-state index in [-0.39, 0.29) is 12.1 Å². The lowest BCUT2D eigenvalue weighted by Crippen LogP contribution is -2.41.